The third kappa shape index (κ3) is 4.40. The van der Waals surface area contributed by atoms with Gasteiger partial charge in [-0.3, -0.25) is 4.79 Å². The zero-order valence-electron chi connectivity index (χ0n) is 17.1. The molecule has 2 heterocycles. The van der Waals surface area contributed by atoms with Gasteiger partial charge in [0.05, 0.1) is 23.3 Å². The van der Waals surface area contributed by atoms with Crippen molar-refractivity contribution >= 4 is 40.0 Å². The second-order valence-corrected chi connectivity index (χ2v) is 7.84. The molecule has 162 valence electrons. The Labute approximate surface area is 183 Å². The first kappa shape index (κ1) is 21.3. The molecule has 0 saturated carbocycles. The number of nitrogens with one attached hydrogen (secondary N) is 2. The van der Waals surface area contributed by atoms with Gasteiger partial charge in [-0.15, -0.1) is 0 Å². The van der Waals surface area contributed by atoms with Crippen molar-refractivity contribution in [3.05, 3.63) is 53.1 Å². The number of halogens is 2. The SMILES string of the molecule is COc1cc2ncnc(Nc3cccc(Cl)c3F)c2cc1COC(=O)[C@H]1NCCC1C. The predicted octanol–water partition coefficient (Wildman–Crippen LogP) is 4.22. The molecular formula is C22H22ClFN4O3. The maximum Gasteiger partial charge on any atom is 0.323 e. The molecule has 31 heavy (non-hydrogen) atoms. The van der Waals surface area contributed by atoms with Crippen molar-refractivity contribution in [2.75, 3.05) is 19.0 Å². The second kappa shape index (κ2) is 9.03. The molecule has 7 nitrogen and oxygen atoms in total. The molecule has 0 bridgehead atoms. The lowest BCUT2D eigenvalue weighted by Crippen LogP contribution is -2.36. The minimum Gasteiger partial charge on any atom is -0.496 e. The number of nitrogens with zero attached hydrogens (tertiary/aromatic N) is 2. The Bertz CT molecular complexity index is 1130. The summed E-state index contributed by atoms with van der Waals surface area (Å²) in [6, 6.07) is 7.88. The van der Waals surface area contributed by atoms with Gasteiger partial charge in [-0.25, -0.2) is 14.4 Å². The van der Waals surface area contributed by atoms with Gasteiger partial charge in [-0.05, 0) is 37.1 Å². The molecule has 1 fully saturated rings. The van der Waals surface area contributed by atoms with Crippen molar-refractivity contribution in [1.82, 2.24) is 15.3 Å². The number of rotatable bonds is 6. The van der Waals surface area contributed by atoms with Gasteiger partial charge >= 0.3 is 5.97 Å². The van der Waals surface area contributed by atoms with E-state index >= 15 is 0 Å². The van der Waals surface area contributed by atoms with E-state index in [1.54, 1.807) is 24.3 Å². The molecule has 0 aliphatic carbocycles. The molecule has 3 aromatic rings. The van der Waals surface area contributed by atoms with Crippen LogP contribution in [-0.4, -0.2) is 35.6 Å². The zero-order chi connectivity index (χ0) is 22.0. The lowest BCUT2D eigenvalue weighted by molar-refractivity contribution is -0.148. The average molecular weight is 445 g/mol. The Morgan fingerprint density at radius 3 is 2.94 bits per heavy atom. The maximum absolute atomic E-state index is 14.4. The van der Waals surface area contributed by atoms with Gasteiger partial charge in [0.15, 0.2) is 5.82 Å². The summed E-state index contributed by atoms with van der Waals surface area (Å²) in [6.45, 7) is 2.85. The predicted molar refractivity (Wildman–Crippen MR) is 116 cm³/mol. The highest BCUT2D eigenvalue weighted by atomic mass is 35.5. The first-order valence-electron chi connectivity index (χ1n) is 9.90. The number of carbonyl (C=O) groups is 1. The summed E-state index contributed by atoms with van der Waals surface area (Å²) < 4.78 is 25.4. The Balaban J connectivity index is 1.63. The third-order valence-electron chi connectivity index (χ3n) is 5.40. The normalized spacial score (nSPS) is 18.2. The Morgan fingerprint density at radius 1 is 1.35 bits per heavy atom. The number of hydrogen-bond donors (Lipinski definition) is 2. The largest absolute Gasteiger partial charge is 0.496 e. The van der Waals surface area contributed by atoms with E-state index in [-0.39, 0.29) is 35.2 Å². The minimum absolute atomic E-state index is 0.00684. The van der Waals surface area contributed by atoms with Crippen molar-refractivity contribution in [3.63, 3.8) is 0 Å². The first-order chi connectivity index (χ1) is 15.0. The Hall–Kier alpha value is -2.97. The van der Waals surface area contributed by atoms with Crippen LogP contribution in [0, 0.1) is 11.7 Å². The zero-order valence-corrected chi connectivity index (χ0v) is 17.9. The van der Waals surface area contributed by atoms with Crippen LogP contribution in [-0.2, 0) is 16.1 Å². The molecule has 1 unspecified atom stereocenters. The van der Waals surface area contributed by atoms with Crippen molar-refractivity contribution in [1.29, 1.82) is 0 Å². The molecule has 1 aliphatic heterocycles. The summed E-state index contributed by atoms with van der Waals surface area (Å²) >= 11 is 5.88. The molecule has 0 amide bonds. The first-order valence-corrected chi connectivity index (χ1v) is 10.3. The number of carbonyl (C=O) groups excluding carboxylic acids is 1. The molecule has 0 spiro atoms. The number of hydrogen-bond acceptors (Lipinski definition) is 7. The lowest BCUT2D eigenvalue weighted by Gasteiger charge is -2.16. The van der Waals surface area contributed by atoms with Gasteiger partial charge in [-0.2, -0.15) is 0 Å². The number of benzene rings is 2. The molecule has 4 rings (SSSR count). The van der Waals surface area contributed by atoms with Gasteiger partial charge in [0.2, 0.25) is 0 Å². The number of fused-ring (bicyclic) bond motifs is 1. The molecule has 2 atom stereocenters. The van der Waals surface area contributed by atoms with E-state index < -0.39 is 5.82 Å². The summed E-state index contributed by atoms with van der Waals surface area (Å²) in [5, 5.41) is 6.76. The Kier molecular flexibility index (Phi) is 6.20. The highest BCUT2D eigenvalue weighted by Gasteiger charge is 2.30. The van der Waals surface area contributed by atoms with E-state index in [9.17, 15) is 9.18 Å². The topological polar surface area (TPSA) is 85.4 Å². The fourth-order valence-electron chi connectivity index (χ4n) is 3.65. The third-order valence-corrected chi connectivity index (χ3v) is 5.69. The van der Waals surface area contributed by atoms with Crippen molar-refractivity contribution < 1.29 is 18.7 Å². The van der Waals surface area contributed by atoms with E-state index in [1.807, 2.05) is 6.92 Å². The summed E-state index contributed by atoms with van der Waals surface area (Å²) in [6.07, 6.45) is 2.31. The average Bonchev–Trinajstić information content (AvgIpc) is 3.20. The minimum atomic E-state index is -0.572. The molecule has 1 aliphatic rings. The van der Waals surface area contributed by atoms with Crippen LogP contribution in [0.2, 0.25) is 5.02 Å². The van der Waals surface area contributed by atoms with E-state index in [4.69, 9.17) is 21.1 Å². The molecule has 9 heteroatoms. The van der Waals surface area contributed by atoms with Crippen LogP contribution in [0.15, 0.2) is 36.7 Å². The molecule has 1 saturated heterocycles. The van der Waals surface area contributed by atoms with Crippen molar-refractivity contribution in [2.24, 2.45) is 5.92 Å². The summed E-state index contributed by atoms with van der Waals surface area (Å²) in [5.74, 6) is 0.286. The molecule has 2 N–H and O–H groups in total. The highest BCUT2D eigenvalue weighted by Crippen LogP contribution is 2.32. The Morgan fingerprint density at radius 2 is 2.19 bits per heavy atom. The van der Waals surface area contributed by atoms with Crippen LogP contribution in [0.4, 0.5) is 15.9 Å². The van der Waals surface area contributed by atoms with Gasteiger partial charge in [0, 0.05) is 17.0 Å². The number of ether oxygens (including phenoxy) is 2. The van der Waals surface area contributed by atoms with Gasteiger partial charge in [0.1, 0.15) is 30.5 Å². The summed E-state index contributed by atoms with van der Waals surface area (Å²) in [7, 11) is 1.54. The van der Waals surface area contributed by atoms with E-state index in [1.165, 1.54) is 19.5 Å². The smallest absolute Gasteiger partial charge is 0.323 e. The highest BCUT2D eigenvalue weighted by molar-refractivity contribution is 6.31. The van der Waals surface area contributed by atoms with Crippen LogP contribution in [0.5, 0.6) is 5.75 Å². The number of esters is 1. The van der Waals surface area contributed by atoms with Gasteiger partial charge in [0.25, 0.3) is 0 Å². The summed E-state index contributed by atoms with van der Waals surface area (Å²) in [4.78, 5) is 21.0. The molecule has 1 aromatic heterocycles. The monoisotopic (exact) mass is 444 g/mol. The van der Waals surface area contributed by atoms with Crippen LogP contribution < -0.4 is 15.4 Å². The number of methoxy groups -OCH3 is 1. The van der Waals surface area contributed by atoms with Crippen LogP contribution in [0.3, 0.4) is 0 Å². The van der Waals surface area contributed by atoms with Crippen molar-refractivity contribution in [3.8, 4) is 5.75 Å². The van der Waals surface area contributed by atoms with E-state index in [0.29, 0.717) is 28.0 Å². The number of anilines is 2. The molecular weight excluding hydrogens is 423 g/mol. The van der Waals surface area contributed by atoms with Crippen LogP contribution in [0.1, 0.15) is 18.9 Å². The van der Waals surface area contributed by atoms with Crippen LogP contribution >= 0.6 is 11.6 Å². The lowest BCUT2D eigenvalue weighted by atomic mass is 10.0. The molecule has 2 aromatic carbocycles. The quantitative estimate of drug-likeness (QED) is 0.550. The maximum atomic E-state index is 14.4. The van der Waals surface area contributed by atoms with E-state index in [0.717, 1.165) is 13.0 Å². The molecule has 0 radical (unpaired) electrons. The van der Waals surface area contributed by atoms with E-state index in [2.05, 4.69) is 20.6 Å². The fraction of sp³-hybridized carbons (Fsp3) is 0.318. The van der Waals surface area contributed by atoms with Crippen LogP contribution in [0.25, 0.3) is 10.9 Å². The second-order valence-electron chi connectivity index (χ2n) is 7.44. The standard InChI is InChI=1S/C22H22ClFN4O3/c1-12-6-7-25-20(12)22(29)31-10-13-8-14-17(9-18(13)30-2)26-11-27-21(14)28-16-5-3-4-15(23)19(16)24/h3-5,8-9,11-12,20,25H,6-7,10H2,1-2H3,(H,26,27,28)/t12?,20-/m0/s1. The van der Waals surface area contributed by atoms with Gasteiger partial charge in [-0.1, -0.05) is 24.6 Å². The van der Waals surface area contributed by atoms with Gasteiger partial charge < -0.3 is 20.1 Å². The van der Waals surface area contributed by atoms with Crippen molar-refractivity contribution in [2.45, 2.75) is 26.0 Å². The fourth-order valence-corrected chi connectivity index (χ4v) is 3.82. The number of aromatic nitrogens is 2. The summed E-state index contributed by atoms with van der Waals surface area (Å²) in [5.41, 5.74) is 1.44.